The van der Waals surface area contributed by atoms with Crippen molar-refractivity contribution in [2.24, 2.45) is 17.6 Å². The number of nitrogens with one attached hydrogen (secondary N) is 2. The van der Waals surface area contributed by atoms with Gasteiger partial charge in [0.15, 0.2) is 0 Å². The van der Waals surface area contributed by atoms with Crippen LogP contribution in [-0.4, -0.2) is 31.4 Å². The molecule has 1 fully saturated rings. The van der Waals surface area contributed by atoms with Crippen LogP contribution in [0.2, 0.25) is 0 Å². The highest BCUT2D eigenvalue weighted by atomic mass is 16.2. The van der Waals surface area contributed by atoms with Crippen LogP contribution >= 0.6 is 0 Å². The second kappa shape index (κ2) is 8.08. The summed E-state index contributed by atoms with van der Waals surface area (Å²) in [6, 6.07) is 0. The van der Waals surface area contributed by atoms with E-state index >= 15 is 0 Å². The van der Waals surface area contributed by atoms with E-state index in [1.807, 2.05) is 0 Å². The van der Waals surface area contributed by atoms with Crippen molar-refractivity contribution in [1.82, 2.24) is 10.6 Å². The molecule has 1 atom stereocenters. The Hall–Kier alpha value is -1.10. The van der Waals surface area contributed by atoms with Crippen LogP contribution in [0.5, 0.6) is 0 Å². The highest BCUT2D eigenvalue weighted by Gasteiger charge is 2.18. The number of hydrogen-bond donors (Lipinski definition) is 3. The first kappa shape index (κ1) is 15.0. The average molecular weight is 255 g/mol. The molecule has 0 aromatic heterocycles. The van der Waals surface area contributed by atoms with Gasteiger partial charge < -0.3 is 16.4 Å². The Morgan fingerprint density at radius 3 is 2.44 bits per heavy atom. The van der Waals surface area contributed by atoms with E-state index in [4.69, 9.17) is 5.73 Å². The normalized spacial score (nSPS) is 17.4. The number of carbonyl (C=O) groups excluding carboxylic acids is 2. The summed E-state index contributed by atoms with van der Waals surface area (Å²) in [7, 11) is 0. The van der Waals surface area contributed by atoms with E-state index in [0.717, 1.165) is 0 Å². The molecule has 5 nitrogen and oxygen atoms in total. The number of rotatable bonds is 7. The quantitative estimate of drug-likeness (QED) is 0.575. The van der Waals surface area contributed by atoms with E-state index in [-0.39, 0.29) is 17.7 Å². The number of hydrogen-bond acceptors (Lipinski definition) is 3. The Kier molecular flexibility index (Phi) is 6.72. The molecule has 1 rings (SSSR count). The molecule has 0 spiro atoms. The van der Waals surface area contributed by atoms with Crippen molar-refractivity contribution < 1.29 is 9.59 Å². The van der Waals surface area contributed by atoms with Crippen LogP contribution in [0.15, 0.2) is 0 Å². The maximum absolute atomic E-state index is 11.6. The lowest BCUT2D eigenvalue weighted by atomic mass is 10.0. The predicted octanol–water partition coefficient (Wildman–Crippen LogP) is 0.394. The molecule has 0 aromatic carbocycles. The summed E-state index contributed by atoms with van der Waals surface area (Å²) < 4.78 is 0. The van der Waals surface area contributed by atoms with Crippen LogP contribution in [0.25, 0.3) is 0 Å². The van der Waals surface area contributed by atoms with Gasteiger partial charge in [-0.05, 0) is 18.8 Å². The molecule has 5 heteroatoms. The smallest absolute Gasteiger partial charge is 0.224 e. The van der Waals surface area contributed by atoms with Crippen molar-refractivity contribution in [1.29, 1.82) is 0 Å². The zero-order valence-corrected chi connectivity index (χ0v) is 11.2. The molecule has 0 heterocycles. The van der Waals surface area contributed by atoms with Gasteiger partial charge in [0.25, 0.3) is 0 Å². The monoisotopic (exact) mass is 255 g/mol. The van der Waals surface area contributed by atoms with Crippen molar-refractivity contribution in [3.8, 4) is 0 Å². The number of carbonyl (C=O) groups is 2. The summed E-state index contributed by atoms with van der Waals surface area (Å²) in [5, 5.41) is 5.59. The first-order chi connectivity index (χ1) is 8.63. The molecule has 1 aliphatic carbocycles. The molecule has 0 bridgehead atoms. The topological polar surface area (TPSA) is 84.2 Å². The molecule has 104 valence electrons. The van der Waals surface area contributed by atoms with Crippen molar-refractivity contribution in [3.05, 3.63) is 0 Å². The third-order valence-electron chi connectivity index (χ3n) is 3.50. The van der Waals surface area contributed by atoms with Gasteiger partial charge in [-0.2, -0.15) is 0 Å². The minimum Gasteiger partial charge on any atom is -0.354 e. The Balaban J connectivity index is 2.03. The minimum absolute atomic E-state index is 0.0532. The van der Waals surface area contributed by atoms with Gasteiger partial charge in [0, 0.05) is 32.0 Å². The zero-order valence-electron chi connectivity index (χ0n) is 11.2. The van der Waals surface area contributed by atoms with E-state index < -0.39 is 0 Å². The van der Waals surface area contributed by atoms with Crippen LogP contribution < -0.4 is 16.4 Å². The van der Waals surface area contributed by atoms with E-state index in [9.17, 15) is 9.59 Å². The van der Waals surface area contributed by atoms with Crippen LogP contribution in [-0.2, 0) is 9.59 Å². The average Bonchev–Trinajstić information content (AvgIpc) is 2.86. The van der Waals surface area contributed by atoms with Crippen LogP contribution in [0, 0.1) is 11.8 Å². The molecule has 1 saturated carbocycles. The van der Waals surface area contributed by atoms with Gasteiger partial charge in [-0.25, -0.2) is 0 Å². The molecule has 0 radical (unpaired) electrons. The van der Waals surface area contributed by atoms with Gasteiger partial charge in [0.05, 0.1) is 0 Å². The largest absolute Gasteiger partial charge is 0.354 e. The summed E-state index contributed by atoms with van der Waals surface area (Å²) in [5.41, 5.74) is 5.39. The maximum Gasteiger partial charge on any atom is 0.224 e. The fourth-order valence-electron chi connectivity index (χ4n) is 2.22. The van der Waals surface area contributed by atoms with Gasteiger partial charge >= 0.3 is 0 Å². The van der Waals surface area contributed by atoms with E-state index in [1.54, 1.807) is 6.92 Å². The molecule has 18 heavy (non-hydrogen) atoms. The lowest BCUT2D eigenvalue weighted by Crippen LogP contribution is -2.38. The molecule has 0 aliphatic heterocycles. The molecule has 1 unspecified atom stereocenters. The van der Waals surface area contributed by atoms with Gasteiger partial charge in [0.2, 0.25) is 11.8 Å². The standard InChI is InChI=1S/C13H25N3O2/c1-10(9-14)13(18)16-7-6-15-12(17)8-11-4-2-3-5-11/h10-11H,2-9,14H2,1H3,(H,15,17)(H,16,18). The molecule has 0 aromatic rings. The first-order valence-electron chi connectivity index (χ1n) is 6.88. The van der Waals surface area contributed by atoms with E-state index in [0.29, 0.717) is 32.0 Å². The molecular weight excluding hydrogens is 230 g/mol. The summed E-state index contributed by atoms with van der Waals surface area (Å²) >= 11 is 0. The SMILES string of the molecule is CC(CN)C(=O)NCCNC(=O)CC1CCCC1. The van der Waals surface area contributed by atoms with Crippen molar-refractivity contribution >= 4 is 11.8 Å². The highest BCUT2D eigenvalue weighted by molar-refractivity contribution is 5.78. The van der Waals surface area contributed by atoms with Gasteiger partial charge in [0.1, 0.15) is 0 Å². The second-order valence-electron chi connectivity index (χ2n) is 5.13. The van der Waals surface area contributed by atoms with Crippen LogP contribution in [0.3, 0.4) is 0 Å². The lowest BCUT2D eigenvalue weighted by Gasteiger charge is -2.12. The lowest BCUT2D eigenvalue weighted by molar-refractivity contribution is -0.125. The van der Waals surface area contributed by atoms with Crippen molar-refractivity contribution in [2.45, 2.75) is 39.0 Å². The second-order valence-corrected chi connectivity index (χ2v) is 5.13. The zero-order chi connectivity index (χ0) is 13.4. The third-order valence-corrected chi connectivity index (χ3v) is 3.50. The fraction of sp³-hybridized carbons (Fsp3) is 0.846. The van der Waals surface area contributed by atoms with E-state index in [1.165, 1.54) is 25.7 Å². The summed E-state index contributed by atoms with van der Waals surface area (Å²) in [6.07, 6.45) is 5.50. The van der Waals surface area contributed by atoms with Crippen LogP contribution in [0.4, 0.5) is 0 Å². The van der Waals surface area contributed by atoms with Gasteiger partial charge in [-0.15, -0.1) is 0 Å². The molecule has 1 aliphatic rings. The highest BCUT2D eigenvalue weighted by Crippen LogP contribution is 2.27. The van der Waals surface area contributed by atoms with Gasteiger partial charge in [-0.1, -0.05) is 19.8 Å². The van der Waals surface area contributed by atoms with Crippen molar-refractivity contribution in [2.75, 3.05) is 19.6 Å². The number of nitrogens with two attached hydrogens (primary N) is 1. The van der Waals surface area contributed by atoms with Crippen molar-refractivity contribution in [3.63, 3.8) is 0 Å². The Labute approximate surface area is 109 Å². The minimum atomic E-state index is -0.167. The summed E-state index contributed by atoms with van der Waals surface area (Å²) in [5.74, 6) is 0.446. The predicted molar refractivity (Wildman–Crippen MR) is 70.8 cm³/mol. The fourth-order valence-corrected chi connectivity index (χ4v) is 2.22. The molecule has 2 amide bonds. The summed E-state index contributed by atoms with van der Waals surface area (Å²) in [4.78, 5) is 23.0. The first-order valence-corrected chi connectivity index (χ1v) is 6.88. The molecular formula is C13H25N3O2. The maximum atomic E-state index is 11.6. The molecule has 4 N–H and O–H groups in total. The van der Waals surface area contributed by atoms with E-state index in [2.05, 4.69) is 10.6 Å². The summed E-state index contributed by atoms with van der Waals surface area (Å²) in [6.45, 7) is 3.10. The third kappa shape index (κ3) is 5.49. The number of amides is 2. The Morgan fingerprint density at radius 2 is 1.83 bits per heavy atom. The van der Waals surface area contributed by atoms with Gasteiger partial charge in [-0.3, -0.25) is 9.59 Å². The molecule has 0 saturated heterocycles. The Morgan fingerprint density at radius 1 is 1.22 bits per heavy atom. The van der Waals surface area contributed by atoms with Crippen LogP contribution in [0.1, 0.15) is 39.0 Å². The Bertz CT molecular complexity index is 275.